The number of furan rings is 1. The van der Waals surface area contributed by atoms with Crippen LogP contribution in [-0.4, -0.2) is 9.97 Å². The van der Waals surface area contributed by atoms with Crippen molar-refractivity contribution in [1.82, 2.24) is 9.97 Å². The maximum Gasteiger partial charge on any atom is 0.265 e. The Balaban J connectivity index is 2.70. The average Bonchev–Trinajstić information content (AvgIpc) is 2.66. The number of hydrogen-bond donors (Lipinski definition) is 1. The van der Waals surface area contributed by atoms with Gasteiger partial charge in [0.15, 0.2) is 0 Å². The molecule has 2 rings (SSSR count). The zero-order chi connectivity index (χ0) is 13.5. The monoisotopic (exact) mass is 310 g/mol. The largest absolute Gasteiger partial charge is 0.469 e. The molecule has 0 atom stereocenters. The molecule has 5 heteroatoms. The summed E-state index contributed by atoms with van der Waals surface area (Å²) >= 11 is 3.30. The van der Waals surface area contributed by atoms with Crippen LogP contribution in [-0.2, 0) is 5.41 Å². The molecule has 0 unspecified atom stereocenters. The van der Waals surface area contributed by atoms with Gasteiger partial charge in [-0.05, 0) is 28.9 Å². The first-order valence-corrected chi connectivity index (χ1v) is 6.45. The molecule has 0 bridgehead atoms. The summed E-state index contributed by atoms with van der Waals surface area (Å²) in [7, 11) is 0. The predicted octanol–water partition coefficient (Wildman–Crippen LogP) is 3.40. The van der Waals surface area contributed by atoms with Crippen LogP contribution in [0.2, 0.25) is 0 Å². The summed E-state index contributed by atoms with van der Waals surface area (Å²) in [6.45, 7) is 7.90. The number of aromatic amines is 1. The number of aromatic nitrogens is 2. The van der Waals surface area contributed by atoms with Crippen molar-refractivity contribution >= 4 is 15.9 Å². The van der Waals surface area contributed by atoms with E-state index in [-0.39, 0.29) is 11.0 Å². The van der Waals surface area contributed by atoms with Crippen LogP contribution in [0, 0.1) is 6.92 Å². The second kappa shape index (κ2) is 4.39. The van der Waals surface area contributed by atoms with Crippen LogP contribution >= 0.6 is 15.9 Å². The number of aryl methyl sites for hydroxylation is 1. The van der Waals surface area contributed by atoms with Crippen molar-refractivity contribution in [3.8, 4) is 11.4 Å². The lowest BCUT2D eigenvalue weighted by Gasteiger charge is -2.19. The highest BCUT2D eigenvalue weighted by atomic mass is 79.9. The normalized spacial score (nSPS) is 11.8. The van der Waals surface area contributed by atoms with Crippen LogP contribution in [0.1, 0.15) is 32.2 Å². The molecular weight excluding hydrogens is 296 g/mol. The third kappa shape index (κ3) is 2.27. The van der Waals surface area contributed by atoms with Gasteiger partial charge in [0.2, 0.25) is 0 Å². The van der Waals surface area contributed by atoms with Gasteiger partial charge in [-0.15, -0.1) is 0 Å². The summed E-state index contributed by atoms with van der Waals surface area (Å²) in [6.07, 6.45) is 1.59. The van der Waals surface area contributed by atoms with E-state index < -0.39 is 0 Å². The number of halogens is 1. The summed E-state index contributed by atoms with van der Waals surface area (Å²) < 4.78 is 5.73. The molecule has 1 N–H and O–H groups in total. The van der Waals surface area contributed by atoms with E-state index in [4.69, 9.17) is 4.42 Å². The molecule has 0 amide bonds. The van der Waals surface area contributed by atoms with Crippen LogP contribution in [0.4, 0.5) is 0 Å². The van der Waals surface area contributed by atoms with Gasteiger partial charge < -0.3 is 9.40 Å². The Morgan fingerprint density at radius 1 is 1.39 bits per heavy atom. The SMILES string of the molecule is Cc1occc1-c1nc(C(C)(C)C)c(Br)c(=O)[nH]1. The Hall–Kier alpha value is -1.36. The quantitative estimate of drug-likeness (QED) is 0.878. The zero-order valence-electron chi connectivity index (χ0n) is 10.8. The van der Waals surface area contributed by atoms with E-state index in [9.17, 15) is 4.79 Å². The minimum absolute atomic E-state index is 0.175. The third-order valence-electron chi connectivity index (χ3n) is 2.69. The van der Waals surface area contributed by atoms with Crippen LogP contribution in [0.3, 0.4) is 0 Å². The van der Waals surface area contributed by atoms with Gasteiger partial charge in [-0.3, -0.25) is 4.79 Å². The fourth-order valence-electron chi connectivity index (χ4n) is 1.71. The van der Waals surface area contributed by atoms with E-state index in [0.717, 1.165) is 17.0 Å². The molecule has 0 aliphatic heterocycles. The van der Waals surface area contributed by atoms with Crippen molar-refractivity contribution in [3.05, 3.63) is 38.6 Å². The number of H-pyrrole nitrogens is 1. The van der Waals surface area contributed by atoms with Crippen molar-refractivity contribution in [2.45, 2.75) is 33.1 Å². The molecule has 2 heterocycles. The first kappa shape index (κ1) is 13.1. The van der Waals surface area contributed by atoms with E-state index in [0.29, 0.717) is 10.3 Å². The van der Waals surface area contributed by atoms with Gasteiger partial charge in [-0.25, -0.2) is 4.98 Å². The van der Waals surface area contributed by atoms with Crippen molar-refractivity contribution in [3.63, 3.8) is 0 Å². The van der Waals surface area contributed by atoms with Crippen LogP contribution < -0.4 is 5.56 Å². The molecule has 0 saturated heterocycles. The number of rotatable bonds is 1. The van der Waals surface area contributed by atoms with E-state index in [1.165, 1.54) is 0 Å². The topological polar surface area (TPSA) is 58.9 Å². The van der Waals surface area contributed by atoms with E-state index in [2.05, 4.69) is 25.9 Å². The van der Waals surface area contributed by atoms with Gasteiger partial charge in [0.1, 0.15) is 16.1 Å². The highest BCUT2D eigenvalue weighted by molar-refractivity contribution is 9.10. The Labute approximate surface area is 114 Å². The molecule has 18 heavy (non-hydrogen) atoms. The Bertz CT molecular complexity index is 635. The lowest BCUT2D eigenvalue weighted by Crippen LogP contribution is -2.22. The van der Waals surface area contributed by atoms with Gasteiger partial charge in [-0.1, -0.05) is 20.8 Å². The zero-order valence-corrected chi connectivity index (χ0v) is 12.4. The van der Waals surface area contributed by atoms with E-state index in [1.807, 2.05) is 27.7 Å². The first-order valence-electron chi connectivity index (χ1n) is 5.65. The predicted molar refractivity (Wildman–Crippen MR) is 73.7 cm³/mol. The molecule has 2 aromatic heterocycles. The number of nitrogens with one attached hydrogen (secondary N) is 1. The fourth-order valence-corrected chi connectivity index (χ4v) is 2.50. The molecule has 0 aromatic carbocycles. The smallest absolute Gasteiger partial charge is 0.265 e. The molecule has 96 valence electrons. The first-order chi connectivity index (χ1) is 8.30. The molecule has 2 aromatic rings. The standard InChI is InChI=1S/C13H15BrN2O2/c1-7-8(5-6-18-7)11-15-10(13(2,3)4)9(14)12(17)16-11/h5-6H,1-4H3,(H,15,16,17). The second-order valence-electron chi connectivity index (χ2n) is 5.22. The Kier molecular flexibility index (Phi) is 3.19. The highest BCUT2D eigenvalue weighted by Gasteiger charge is 2.23. The van der Waals surface area contributed by atoms with Gasteiger partial charge in [0.05, 0.1) is 17.5 Å². The molecule has 0 aliphatic carbocycles. The fraction of sp³-hybridized carbons (Fsp3) is 0.385. The number of nitrogens with zero attached hydrogens (tertiary/aromatic N) is 1. The van der Waals surface area contributed by atoms with Crippen molar-refractivity contribution in [2.24, 2.45) is 0 Å². The van der Waals surface area contributed by atoms with Crippen LogP contribution in [0.15, 0.2) is 26.0 Å². The summed E-state index contributed by atoms with van der Waals surface area (Å²) in [5.74, 6) is 1.28. The number of hydrogen-bond acceptors (Lipinski definition) is 3. The highest BCUT2D eigenvalue weighted by Crippen LogP contribution is 2.28. The maximum atomic E-state index is 11.9. The Morgan fingerprint density at radius 3 is 2.56 bits per heavy atom. The van der Waals surface area contributed by atoms with Crippen molar-refractivity contribution in [2.75, 3.05) is 0 Å². The minimum Gasteiger partial charge on any atom is -0.469 e. The van der Waals surface area contributed by atoms with Gasteiger partial charge >= 0.3 is 0 Å². The van der Waals surface area contributed by atoms with Gasteiger partial charge in [0.25, 0.3) is 5.56 Å². The summed E-state index contributed by atoms with van der Waals surface area (Å²) in [5.41, 5.74) is 1.16. The summed E-state index contributed by atoms with van der Waals surface area (Å²) in [6, 6.07) is 1.80. The lowest BCUT2D eigenvalue weighted by atomic mass is 9.92. The summed E-state index contributed by atoms with van der Waals surface area (Å²) in [5, 5.41) is 0. The summed E-state index contributed by atoms with van der Waals surface area (Å²) in [4.78, 5) is 19.2. The van der Waals surface area contributed by atoms with Gasteiger partial charge in [-0.2, -0.15) is 0 Å². The molecule has 0 fully saturated rings. The Morgan fingerprint density at radius 2 is 2.06 bits per heavy atom. The molecule has 0 radical (unpaired) electrons. The molecular formula is C13H15BrN2O2. The molecule has 0 saturated carbocycles. The molecule has 0 aliphatic rings. The van der Waals surface area contributed by atoms with Crippen molar-refractivity contribution in [1.29, 1.82) is 0 Å². The average molecular weight is 311 g/mol. The molecule has 0 spiro atoms. The van der Waals surface area contributed by atoms with E-state index >= 15 is 0 Å². The molecule has 4 nitrogen and oxygen atoms in total. The van der Waals surface area contributed by atoms with Crippen LogP contribution in [0.25, 0.3) is 11.4 Å². The van der Waals surface area contributed by atoms with Crippen LogP contribution in [0.5, 0.6) is 0 Å². The van der Waals surface area contributed by atoms with E-state index in [1.54, 1.807) is 12.3 Å². The maximum absolute atomic E-state index is 11.9. The van der Waals surface area contributed by atoms with Gasteiger partial charge in [0, 0.05) is 5.41 Å². The second-order valence-corrected chi connectivity index (χ2v) is 6.01. The lowest BCUT2D eigenvalue weighted by molar-refractivity contribution is 0.534. The minimum atomic E-state index is -0.209. The third-order valence-corrected chi connectivity index (χ3v) is 3.42. The van der Waals surface area contributed by atoms with Crippen molar-refractivity contribution < 1.29 is 4.42 Å².